The van der Waals surface area contributed by atoms with Crippen molar-refractivity contribution >= 4 is 35.6 Å². The SMILES string of the molecule is CN=C(NCc1ccc(OCC(F)(F)F)cc1)NCc1nnc2ccccn12.I. The quantitative estimate of drug-likeness (QED) is 0.297. The van der Waals surface area contributed by atoms with E-state index in [2.05, 4.69) is 25.8 Å². The molecule has 0 fully saturated rings. The highest BCUT2D eigenvalue weighted by atomic mass is 127. The number of pyridine rings is 1. The number of benzene rings is 1. The summed E-state index contributed by atoms with van der Waals surface area (Å²) in [6.07, 6.45) is -2.47. The summed E-state index contributed by atoms with van der Waals surface area (Å²) in [7, 11) is 1.64. The van der Waals surface area contributed by atoms with Gasteiger partial charge in [0.15, 0.2) is 24.0 Å². The number of fused-ring (bicyclic) bond motifs is 1. The standard InChI is InChI=1S/C18H19F3N6O.HI/c1-22-17(24-11-16-26-25-15-4-2-3-9-27(15)16)23-10-13-5-7-14(8-6-13)28-12-18(19,20)21;/h2-9H,10-12H2,1H3,(H2,22,23,24);1H. The minimum absolute atomic E-state index is 0. The molecule has 3 aromatic rings. The predicted octanol–water partition coefficient (Wildman–Crippen LogP) is 3.15. The fourth-order valence-electron chi connectivity index (χ4n) is 2.45. The number of nitrogens with one attached hydrogen (secondary N) is 2. The number of hydrogen-bond acceptors (Lipinski definition) is 4. The zero-order valence-corrected chi connectivity index (χ0v) is 17.8. The van der Waals surface area contributed by atoms with Gasteiger partial charge in [-0.25, -0.2) is 0 Å². The molecule has 3 rings (SSSR count). The summed E-state index contributed by atoms with van der Waals surface area (Å²) < 4.78 is 43.1. The molecule has 11 heteroatoms. The van der Waals surface area contributed by atoms with Crippen LogP contribution in [-0.2, 0) is 13.1 Å². The third-order valence-corrected chi connectivity index (χ3v) is 3.81. The van der Waals surface area contributed by atoms with Crippen LogP contribution < -0.4 is 15.4 Å². The van der Waals surface area contributed by atoms with E-state index in [1.165, 1.54) is 12.1 Å². The van der Waals surface area contributed by atoms with Gasteiger partial charge in [-0.2, -0.15) is 13.2 Å². The van der Waals surface area contributed by atoms with E-state index >= 15 is 0 Å². The Bertz CT molecular complexity index is 943. The number of ether oxygens (including phenoxy) is 1. The molecule has 2 N–H and O–H groups in total. The van der Waals surface area contributed by atoms with E-state index in [1.807, 2.05) is 28.8 Å². The molecule has 0 radical (unpaired) electrons. The van der Waals surface area contributed by atoms with Crippen molar-refractivity contribution < 1.29 is 17.9 Å². The first-order chi connectivity index (χ1) is 13.4. The van der Waals surface area contributed by atoms with Crippen LogP contribution in [-0.4, -0.2) is 40.4 Å². The van der Waals surface area contributed by atoms with Gasteiger partial charge in [-0.15, -0.1) is 34.2 Å². The van der Waals surface area contributed by atoms with Crippen LogP contribution in [0.1, 0.15) is 11.4 Å². The lowest BCUT2D eigenvalue weighted by Gasteiger charge is -2.12. The Morgan fingerprint density at radius 1 is 1.07 bits per heavy atom. The maximum atomic E-state index is 12.2. The highest BCUT2D eigenvalue weighted by molar-refractivity contribution is 14.0. The third kappa shape index (κ3) is 6.76. The van der Waals surface area contributed by atoms with Crippen molar-refractivity contribution in [1.29, 1.82) is 0 Å². The molecule has 2 heterocycles. The zero-order chi connectivity index (χ0) is 20.0. The fraction of sp³-hybridized carbons (Fsp3) is 0.278. The normalized spacial score (nSPS) is 11.8. The Balaban J connectivity index is 0.00000300. The lowest BCUT2D eigenvalue weighted by atomic mass is 10.2. The van der Waals surface area contributed by atoms with E-state index in [0.29, 0.717) is 19.0 Å². The molecule has 0 aliphatic heterocycles. The van der Waals surface area contributed by atoms with E-state index in [-0.39, 0.29) is 29.7 Å². The summed E-state index contributed by atoms with van der Waals surface area (Å²) in [6.45, 7) is -0.437. The maximum Gasteiger partial charge on any atom is 0.422 e. The summed E-state index contributed by atoms with van der Waals surface area (Å²) in [5, 5.41) is 14.5. The maximum absolute atomic E-state index is 12.2. The minimum Gasteiger partial charge on any atom is -0.484 e. The van der Waals surface area contributed by atoms with Crippen molar-refractivity contribution in [2.75, 3.05) is 13.7 Å². The van der Waals surface area contributed by atoms with E-state index in [1.54, 1.807) is 19.2 Å². The number of aromatic nitrogens is 3. The van der Waals surface area contributed by atoms with Gasteiger partial charge in [0.1, 0.15) is 5.75 Å². The van der Waals surface area contributed by atoms with Crippen LogP contribution in [0.4, 0.5) is 13.2 Å². The number of halogens is 4. The van der Waals surface area contributed by atoms with Crippen molar-refractivity contribution in [3.63, 3.8) is 0 Å². The molecule has 0 amide bonds. The molecule has 0 spiro atoms. The van der Waals surface area contributed by atoms with Crippen molar-refractivity contribution in [2.45, 2.75) is 19.3 Å². The molecule has 156 valence electrons. The summed E-state index contributed by atoms with van der Waals surface area (Å²) in [4.78, 5) is 4.14. The van der Waals surface area contributed by atoms with Gasteiger partial charge >= 0.3 is 6.18 Å². The third-order valence-electron chi connectivity index (χ3n) is 3.81. The number of aliphatic imine (C=N–C) groups is 1. The molecule has 7 nitrogen and oxygen atoms in total. The number of guanidine groups is 1. The number of nitrogens with zero attached hydrogens (tertiary/aromatic N) is 4. The highest BCUT2D eigenvalue weighted by Gasteiger charge is 2.28. The molecule has 0 aliphatic carbocycles. The first-order valence-corrected chi connectivity index (χ1v) is 8.46. The Hall–Kier alpha value is -2.57. The van der Waals surface area contributed by atoms with Crippen molar-refractivity contribution in [1.82, 2.24) is 25.2 Å². The van der Waals surface area contributed by atoms with Gasteiger partial charge in [-0.1, -0.05) is 18.2 Å². The summed E-state index contributed by atoms with van der Waals surface area (Å²) >= 11 is 0. The molecule has 0 unspecified atom stereocenters. The van der Waals surface area contributed by atoms with Gasteiger partial charge in [-0.3, -0.25) is 9.39 Å². The van der Waals surface area contributed by atoms with Gasteiger partial charge in [0, 0.05) is 19.8 Å². The molecule has 2 aromatic heterocycles. The van der Waals surface area contributed by atoms with Crippen LogP contribution in [0.15, 0.2) is 53.7 Å². The first-order valence-electron chi connectivity index (χ1n) is 8.46. The molecule has 0 saturated heterocycles. The lowest BCUT2D eigenvalue weighted by molar-refractivity contribution is -0.153. The average Bonchev–Trinajstić information content (AvgIpc) is 3.10. The molecule has 0 saturated carbocycles. The smallest absolute Gasteiger partial charge is 0.422 e. The lowest BCUT2D eigenvalue weighted by Crippen LogP contribution is -2.36. The second-order valence-electron chi connectivity index (χ2n) is 5.87. The number of hydrogen-bond donors (Lipinski definition) is 2. The summed E-state index contributed by atoms with van der Waals surface area (Å²) in [5.41, 5.74) is 1.63. The molecule has 1 aromatic carbocycles. The van der Waals surface area contributed by atoms with Crippen LogP contribution in [0.25, 0.3) is 5.65 Å². The molecule has 0 atom stereocenters. The Morgan fingerprint density at radius 2 is 1.79 bits per heavy atom. The monoisotopic (exact) mass is 520 g/mol. The predicted molar refractivity (Wildman–Crippen MR) is 113 cm³/mol. The van der Waals surface area contributed by atoms with Gasteiger partial charge in [0.2, 0.25) is 0 Å². The molecule has 0 aliphatic rings. The van der Waals surface area contributed by atoms with E-state index < -0.39 is 12.8 Å². The van der Waals surface area contributed by atoms with E-state index in [0.717, 1.165) is 17.0 Å². The second-order valence-corrected chi connectivity index (χ2v) is 5.87. The van der Waals surface area contributed by atoms with Gasteiger partial charge in [-0.05, 0) is 29.8 Å². The molecule has 0 bridgehead atoms. The van der Waals surface area contributed by atoms with E-state index in [9.17, 15) is 13.2 Å². The van der Waals surface area contributed by atoms with E-state index in [4.69, 9.17) is 4.74 Å². The van der Waals surface area contributed by atoms with Gasteiger partial charge < -0.3 is 15.4 Å². The molecular formula is C18H20F3IN6O. The van der Waals surface area contributed by atoms with Crippen LogP contribution in [0.3, 0.4) is 0 Å². The Morgan fingerprint density at radius 3 is 2.48 bits per heavy atom. The second kappa shape index (κ2) is 10.3. The van der Waals surface area contributed by atoms with Crippen molar-refractivity contribution in [2.24, 2.45) is 4.99 Å². The fourth-order valence-corrected chi connectivity index (χ4v) is 2.45. The Labute approximate surface area is 182 Å². The first kappa shape index (κ1) is 22.7. The summed E-state index contributed by atoms with van der Waals surface area (Å²) in [6, 6.07) is 12.0. The minimum atomic E-state index is -4.35. The van der Waals surface area contributed by atoms with Crippen LogP contribution in [0.2, 0.25) is 0 Å². The van der Waals surface area contributed by atoms with Gasteiger partial charge in [0.25, 0.3) is 0 Å². The highest BCUT2D eigenvalue weighted by Crippen LogP contribution is 2.18. The number of alkyl halides is 3. The van der Waals surface area contributed by atoms with Crippen LogP contribution in [0.5, 0.6) is 5.75 Å². The van der Waals surface area contributed by atoms with Crippen molar-refractivity contribution in [3.05, 3.63) is 60.0 Å². The molecular weight excluding hydrogens is 500 g/mol. The largest absolute Gasteiger partial charge is 0.484 e. The van der Waals surface area contributed by atoms with Crippen LogP contribution in [0, 0.1) is 0 Å². The zero-order valence-electron chi connectivity index (χ0n) is 15.5. The average molecular weight is 520 g/mol. The van der Waals surface area contributed by atoms with Crippen molar-refractivity contribution in [3.8, 4) is 5.75 Å². The topological polar surface area (TPSA) is 75.8 Å². The Kier molecular flexibility index (Phi) is 8.05. The number of rotatable bonds is 6. The summed E-state index contributed by atoms with van der Waals surface area (Å²) in [5.74, 6) is 1.47. The van der Waals surface area contributed by atoms with Gasteiger partial charge in [0.05, 0.1) is 6.54 Å². The molecule has 29 heavy (non-hydrogen) atoms. The van der Waals surface area contributed by atoms with Crippen LogP contribution >= 0.6 is 24.0 Å².